The number of aliphatic imine (C=N–C) groups is 1. The quantitative estimate of drug-likeness (QED) is 0.0549. The smallest absolute Gasteiger partial charge is 0.326 e. The number of imidazole rings is 1. The second-order valence-electron chi connectivity index (χ2n) is 18.5. The van der Waals surface area contributed by atoms with Gasteiger partial charge in [-0.3, -0.25) is 38.6 Å². The molecule has 24 heteroatoms. The maximum atomic E-state index is 15.2. The highest BCUT2D eigenvalue weighted by atomic mass is 16.4. The van der Waals surface area contributed by atoms with Crippen LogP contribution in [-0.4, -0.2) is 140 Å². The summed E-state index contributed by atoms with van der Waals surface area (Å²) in [6, 6.07) is 3.99. The largest absolute Gasteiger partial charge is 0.480 e. The van der Waals surface area contributed by atoms with Gasteiger partial charge in [0.05, 0.1) is 12.7 Å². The highest BCUT2D eigenvalue weighted by Crippen LogP contribution is 2.28. The number of hydrogen-bond acceptors (Lipinski definition) is 11. The Bertz CT molecular complexity index is 2520. The molecule has 0 spiro atoms. The molecule has 2 aromatic carbocycles. The summed E-state index contributed by atoms with van der Waals surface area (Å²) in [7, 11) is 0. The van der Waals surface area contributed by atoms with E-state index in [9.17, 15) is 33.9 Å². The predicted molar refractivity (Wildman–Crippen MR) is 264 cm³/mol. The molecule has 1 saturated heterocycles. The van der Waals surface area contributed by atoms with Gasteiger partial charge in [-0.2, -0.15) is 0 Å². The third-order valence-corrected chi connectivity index (χ3v) is 13.2. The van der Waals surface area contributed by atoms with Gasteiger partial charge in [0.2, 0.25) is 41.4 Å². The summed E-state index contributed by atoms with van der Waals surface area (Å²) in [6.07, 6.45) is 3.89. The van der Waals surface area contributed by atoms with Gasteiger partial charge >= 0.3 is 12.0 Å². The van der Waals surface area contributed by atoms with Crippen LogP contribution in [0.1, 0.15) is 92.7 Å². The van der Waals surface area contributed by atoms with Gasteiger partial charge in [-0.25, -0.2) is 14.6 Å². The van der Waals surface area contributed by atoms with Crippen LogP contribution in [0.2, 0.25) is 0 Å². The number of H-pyrrole nitrogens is 1. The van der Waals surface area contributed by atoms with Crippen molar-refractivity contribution in [2.45, 2.75) is 139 Å². The Morgan fingerprint density at radius 2 is 1.40 bits per heavy atom. The monoisotopic (exact) mass is 1010 g/mol. The number of unbranched alkanes of at least 4 members (excludes halogenated alkanes) is 1. The lowest BCUT2D eigenvalue weighted by Crippen LogP contribution is -2.63. The van der Waals surface area contributed by atoms with Crippen LogP contribution < -0.4 is 49.1 Å². The zero-order valence-corrected chi connectivity index (χ0v) is 40.8. The second kappa shape index (κ2) is 25.9. The van der Waals surface area contributed by atoms with Crippen LogP contribution in [0.4, 0.5) is 4.79 Å². The highest BCUT2D eigenvalue weighted by molar-refractivity contribution is 5.99. The molecule has 0 radical (unpaired) electrons. The minimum atomic E-state index is -1.62. The number of nitrogens with zero attached hydrogens (tertiary/aromatic N) is 4. The molecule has 0 unspecified atom stereocenters. The summed E-state index contributed by atoms with van der Waals surface area (Å²) < 4.78 is 0. The summed E-state index contributed by atoms with van der Waals surface area (Å²) >= 11 is 0. The Labute approximate surface area is 421 Å². The van der Waals surface area contributed by atoms with Gasteiger partial charge in [0.15, 0.2) is 5.96 Å². The number of guanidine groups is 1. The lowest BCUT2D eigenvalue weighted by atomic mass is 9.91. The van der Waals surface area contributed by atoms with Crippen molar-refractivity contribution in [1.82, 2.24) is 51.7 Å². The average molecular weight is 1010 g/mol. The number of fused-ring (bicyclic) bond motifs is 4. The van der Waals surface area contributed by atoms with E-state index >= 15 is 14.4 Å². The van der Waals surface area contributed by atoms with Crippen molar-refractivity contribution in [3.05, 3.63) is 89.0 Å². The maximum Gasteiger partial charge on any atom is 0.326 e. The molecule has 24 nitrogen and oxygen atoms in total. The molecule has 0 saturated carbocycles. The van der Waals surface area contributed by atoms with Crippen LogP contribution in [-0.2, 0) is 70.7 Å². The van der Waals surface area contributed by atoms with Gasteiger partial charge in [-0.15, -0.1) is 0 Å². The van der Waals surface area contributed by atoms with Crippen molar-refractivity contribution in [2.24, 2.45) is 22.2 Å². The fourth-order valence-electron chi connectivity index (χ4n) is 9.31. The van der Waals surface area contributed by atoms with Crippen LogP contribution in [0.15, 0.2) is 66.0 Å². The predicted octanol–water partition coefficient (Wildman–Crippen LogP) is -1.15. The molecule has 14 N–H and O–H groups in total. The van der Waals surface area contributed by atoms with E-state index in [1.165, 1.54) is 22.3 Å². The maximum absolute atomic E-state index is 15.2. The molecule has 9 amide bonds. The number of aromatic nitrogens is 2. The summed E-state index contributed by atoms with van der Waals surface area (Å²) in [6.45, 7) is 1.80. The third kappa shape index (κ3) is 15.0. The molecular formula is C49H66N14O10. The summed E-state index contributed by atoms with van der Waals surface area (Å²) in [5.41, 5.74) is 20.0. The van der Waals surface area contributed by atoms with E-state index in [0.717, 1.165) is 16.7 Å². The van der Waals surface area contributed by atoms with E-state index in [2.05, 4.69) is 46.9 Å². The van der Waals surface area contributed by atoms with Crippen molar-refractivity contribution in [3.8, 4) is 0 Å². The van der Waals surface area contributed by atoms with Crippen LogP contribution in [0.25, 0.3) is 0 Å². The SMILES string of the molecule is CCCC[C@H](NC(N)=O)C(=O)N[C@H]1CC(=O)NCCCC[C@@H](C(=O)O)NC(=O)[C@@H]2Cc3ccccc3CN2C(=O)[C@H](CCCN=C(N)N)NC(=O)[C@H]2Cc3ccccc3CN2C(=O)[C@H](Cc2cnc[nH]2)NC1=O. The summed E-state index contributed by atoms with van der Waals surface area (Å²) in [5, 5.41) is 26.2. The molecule has 1 fully saturated rings. The van der Waals surface area contributed by atoms with Crippen molar-refractivity contribution >= 4 is 59.3 Å². The fourth-order valence-corrected chi connectivity index (χ4v) is 9.31. The van der Waals surface area contributed by atoms with E-state index in [1.54, 1.807) is 30.3 Å². The number of primary amides is 1. The number of amides is 9. The molecule has 7 atom stereocenters. The van der Waals surface area contributed by atoms with E-state index in [4.69, 9.17) is 17.2 Å². The number of nitrogens with one attached hydrogen (secondary N) is 7. The molecule has 392 valence electrons. The zero-order valence-electron chi connectivity index (χ0n) is 40.8. The number of rotatable bonds is 13. The number of aliphatic carboxylic acids is 1. The molecule has 3 aromatic rings. The molecule has 3 aliphatic rings. The summed E-state index contributed by atoms with van der Waals surface area (Å²) in [4.78, 5) is 140. The van der Waals surface area contributed by atoms with Crippen molar-refractivity contribution in [2.75, 3.05) is 13.1 Å². The van der Waals surface area contributed by atoms with Gasteiger partial charge in [-0.1, -0.05) is 68.3 Å². The Balaban J connectivity index is 1.41. The Hall–Kier alpha value is -8.05. The van der Waals surface area contributed by atoms with E-state index in [1.807, 2.05) is 25.1 Å². The molecule has 0 aliphatic carbocycles. The first-order chi connectivity index (χ1) is 35.0. The molecular weight excluding hydrogens is 945 g/mol. The number of hydrogen-bond donors (Lipinski definition) is 11. The fraction of sp³-hybridized carbons (Fsp3) is 0.490. The molecule has 0 bridgehead atoms. The average Bonchev–Trinajstić information content (AvgIpc) is 3.89. The highest BCUT2D eigenvalue weighted by Gasteiger charge is 2.43. The van der Waals surface area contributed by atoms with Crippen LogP contribution in [0.3, 0.4) is 0 Å². The van der Waals surface area contributed by atoms with Crippen molar-refractivity contribution in [1.29, 1.82) is 0 Å². The third-order valence-electron chi connectivity index (χ3n) is 13.2. The number of benzene rings is 2. The van der Waals surface area contributed by atoms with Crippen LogP contribution in [0.5, 0.6) is 0 Å². The van der Waals surface area contributed by atoms with Crippen LogP contribution >= 0.6 is 0 Å². The van der Waals surface area contributed by atoms with Gasteiger partial charge in [0.1, 0.15) is 42.3 Å². The molecule has 73 heavy (non-hydrogen) atoms. The van der Waals surface area contributed by atoms with Gasteiger partial charge in [0.25, 0.3) is 0 Å². The standard InChI is InChI=1S/C49H66N14O10/c1-2-3-15-33(61-49(52)73)41(65)59-36-23-40(64)54-18-9-8-16-35(47(71)72)58-44(68)39-21-29-12-4-6-13-30(29)25-62(39)45(69)34(17-10-19-55-48(50)51)57-43(67)38-20-28-11-5-7-14-31(28)26-63(38)46(70)37(60-42(36)66)22-32-24-53-27-56-32/h4-7,11-14,24,27,33-39H,2-3,8-10,15-23,25-26H2,1H3,(H,53,56)(H,54,64)(H,57,67)(H,58,68)(H,59,65)(H,60,66)(H,71,72)(H4,50,51,55)(H3,52,61,73)/t33-,34-,35-,36-,37-,38+,39-/m0/s1. The van der Waals surface area contributed by atoms with Crippen LogP contribution in [0, 0.1) is 0 Å². The minimum absolute atomic E-state index is 0.00973. The Kier molecular flexibility index (Phi) is 19.2. The number of carbonyl (C=O) groups is 9. The topological polar surface area (TPSA) is 372 Å². The molecule has 6 rings (SSSR count). The first kappa shape index (κ1) is 54.3. The number of carbonyl (C=O) groups excluding carboxylic acids is 8. The number of carboxylic acid groups (broad SMARTS) is 1. The van der Waals surface area contributed by atoms with Gasteiger partial charge in [0, 0.05) is 57.3 Å². The van der Waals surface area contributed by atoms with E-state index in [-0.39, 0.29) is 89.9 Å². The molecule has 3 aliphatic heterocycles. The number of aromatic amines is 1. The Morgan fingerprint density at radius 3 is 1.97 bits per heavy atom. The van der Waals surface area contributed by atoms with E-state index in [0.29, 0.717) is 24.1 Å². The minimum Gasteiger partial charge on any atom is -0.480 e. The number of carboxylic acids is 1. The number of nitrogens with two attached hydrogens (primary N) is 3. The number of urea groups is 1. The summed E-state index contributed by atoms with van der Waals surface area (Å²) in [5.74, 6) is -6.81. The first-order valence-corrected chi connectivity index (χ1v) is 24.6. The molecule has 1 aromatic heterocycles. The van der Waals surface area contributed by atoms with E-state index < -0.39 is 102 Å². The lowest BCUT2D eigenvalue weighted by Gasteiger charge is -2.40. The van der Waals surface area contributed by atoms with Crippen molar-refractivity contribution < 1.29 is 48.3 Å². The van der Waals surface area contributed by atoms with Gasteiger partial charge < -0.3 is 69.0 Å². The van der Waals surface area contributed by atoms with Gasteiger partial charge in [-0.05, 0) is 60.8 Å². The Morgan fingerprint density at radius 1 is 0.795 bits per heavy atom. The lowest BCUT2D eigenvalue weighted by molar-refractivity contribution is -0.148. The zero-order chi connectivity index (χ0) is 52.6. The normalized spacial score (nSPS) is 22.8. The van der Waals surface area contributed by atoms with Crippen molar-refractivity contribution in [3.63, 3.8) is 0 Å². The first-order valence-electron chi connectivity index (χ1n) is 24.6. The molecule has 4 heterocycles. The second-order valence-corrected chi connectivity index (χ2v) is 18.5.